The third kappa shape index (κ3) is 4.82. The maximum absolute atomic E-state index is 14.6. The van der Waals surface area contributed by atoms with Gasteiger partial charge < -0.3 is 20.1 Å². The summed E-state index contributed by atoms with van der Waals surface area (Å²) in [6, 6.07) is 22.8. The molecule has 0 saturated carbocycles. The van der Waals surface area contributed by atoms with Gasteiger partial charge in [-0.25, -0.2) is 9.18 Å². The lowest BCUT2D eigenvalue weighted by Crippen LogP contribution is -2.52. The van der Waals surface area contributed by atoms with Crippen LogP contribution in [0.5, 0.6) is 0 Å². The first-order valence-electron chi connectivity index (χ1n) is 12.2. The number of hydrogen-bond donors (Lipinski definition) is 2. The van der Waals surface area contributed by atoms with Gasteiger partial charge >= 0.3 is 6.03 Å². The smallest absolute Gasteiger partial charge is 0.317 e. The fourth-order valence-electron chi connectivity index (χ4n) is 4.91. The Morgan fingerprint density at radius 1 is 0.972 bits per heavy atom. The van der Waals surface area contributed by atoms with Crippen molar-refractivity contribution in [3.05, 3.63) is 102 Å². The van der Waals surface area contributed by atoms with Crippen LogP contribution in [0.4, 0.5) is 14.9 Å². The Morgan fingerprint density at radius 2 is 1.69 bits per heavy atom. The maximum Gasteiger partial charge on any atom is 0.317 e. The number of aromatic nitrogens is 1. The molecular weight excluding hydrogens is 455 g/mol. The zero-order valence-corrected chi connectivity index (χ0v) is 20.2. The summed E-state index contributed by atoms with van der Waals surface area (Å²) in [6.45, 7) is 3.91. The molecule has 0 bridgehead atoms. The molecular formula is C29H29FN4O2. The minimum Gasteiger partial charge on any atom is -0.366 e. The lowest BCUT2D eigenvalue weighted by Gasteiger charge is -2.36. The van der Waals surface area contributed by atoms with Gasteiger partial charge in [0.2, 0.25) is 0 Å². The van der Waals surface area contributed by atoms with Crippen LogP contribution in [0.2, 0.25) is 0 Å². The van der Waals surface area contributed by atoms with E-state index >= 15 is 0 Å². The number of benzene rings is 3. The zero-order chi connectivity index (χ0) is 25.1. The molecule has 184 valence electrons. The first-order valence-corrected chi connectivity index (χ1v) is 12.2. The van der Waals surface area contributed by atoms with Gasteiger partial charge in [0.15, 0.2) is 5.78 Å². The number of carbonyl (C=O) groups excluding carboxylic acids is 2. The number of nitrogens with one attached hydrogen (secondary N) is 2. The second kappa shape index (κ2) is 10.2. The highest BCUT2D eigenvalue weighted by atomic mass is 19.1. The van der Waals surface area contributed by atoms with E-state index in [-0.39, 0.29) is 17.7 Å². The van der Waals surface area contributed by atoms with Crippen LogP contribution in [0, 0.1) is 5.82 Å². The molecule has 2 N–H and O–H groups in total. The average molecular weight is 485 g/mol. The van der Waals surface area contributed by atoms with Crippen LogP contribution >= 0.6 is 0 Å². The molecule has 36 heavy (non-hydrogen) atoms. The predicted octanol–water partition coefficient (Wildman–Crippen LogP) is 5.17. The lowest BCUT2D eigenvalue weighted by atomic mass is 9.91. The Kier molecular flexibility index (Phi) is 6.71. The molecule has 7 heteroatoms. The Bertz CT molecular complexity index is 1380. The van der Waals surface area contributed by atoms with Crippen molar-refractivity contribution in [3.8, 4) is 0 Å². The number of hydrogen-bond acceptors (Lipinski definition) is 3. The van der Waals surface area contributed by atoms with E-state index in [1.807, 2.05) is 41.4 Å². The molecule has 1 atom stereocenters. The Balaban J connectivity index is 1.25. The number of carbonyl (C=O) groups is 2. The number of fused-ring (bicyclic) bond motifs is 1. The molecule has 4 aromatic rings. The van der Waals surface area contributed by atoms with Crippen molar-refractivity contribution >= 4 is 28.4 Å². The number of halogens is 1. The number of rotatable bonds is 6. The highest BCUT2D eigenvalue weighted by molar-refractivity contribution is 5.94. The average Bonchev–Trinajstić information content (AvgIpc) is 3.33. The summed E-state index contributed by atoms with van der Waals surface area (Å²) < 4.78 is 14.6. The van der Waals surface area contributed by atoms with Crippen LogP contribution in [0.15, 0.2) is 79.0 Å². The Labute approximate surface area is 209 Å². The predicted molar refractivity (Wildman–Crippen MR) is 140 cm³/mol. The van der Waals surface area contributed by atoms with Crippen LogP contribution in [0.3, 0.4) is 0 Å². The van der Waals surface area contributed by atoms with Crippen molar-refractivity contribution < 1.29 is 14.0 Å². The van der Waals surface area contributed by atoms with Crippen molar-refractivity contribution in [1.82, 2.24) is 15.2 Å². The van der Waals surface area contributed by atoms with Crippen LogP contribution in [0.1, 0.15) is 34.3 Å². The normalized spacial score (nSPS) is 14.6. The van der Waals surface area contributed by atoms with E-state index in [1.54, 1.807) is 17.0 Å². The van der Waals surface area contributed by atoms with E-state index in [4.69, 9.17) is 0 Å². The number of ketones is 1. The van der Waals surface area contributed by atoms with Gasteiger partial charge in [-0.15, -0.1) is 0 Å². The highest BCUT2D eigenvalue weighted by Gasteiger charge is 2.25. The molecule has 2 heterocycles. The summed E-state index contributed by atoms with van der Waals surface area (Å²) in [5, 5.41) is 4.28. The minimum absolute atomic E-state index is 0.00137. The van der Waals surface area contributed by atoms with Gasteiger partial charge in [-0.05, 0) is 42.3 Å². The Morgan fingerprint density at radius 3 is 2.42 bits per heavy atom. The molecule has 0 spiro atoms. The summed E-state index contributed by atoms with van der Waals surface area (Å²) in [5.41, 5.74) is 4.17. The molecule has 0 radical (unpaired) electrons. The molecule has 1 fully saturated rings. The van der Waals surface area contributed by atoms with Gasteiger partial charge in [-0.1, -0.05) is 48.5 Å². The number of H-pyrrole nitrogens is 1. The number of urea groups is 1. The topological polar surface area (TPSA) is 68.4 Å². The van der Waals surface area contributed by atoms with Crippen LogP contribution < -0.4 is 10.2 Å². The van der Waals surface area contributed by atoms with Gasteiger partial charge in [0.25, 0.3) is 0 Å². The summed E-state index contributed by atoms with van der Waals surface area (Å²) in [7, 11) is 0. The standard InChI is InChI=1S/C29H29FN4O2/c1-20(35)22-11-12-28(26(30)17-22)33-13-15-34(16-14-33)29(36)32-18-24(21-7-3-2-4-8-21)25-19-31-27-10-6-5-9-23(25)27/h2-12,17,19,24,31H,13-16,18H2,1H3,(H,32,36). The zero-order valence-electron chi connectivity index (χ0n) is 20.2. The maximum atomic E-state index is 14.6. The van der Waals surface area contributed by atoms with Gasteiger partial charge in [0.1, 0.15) is 5.82 Å². The number of piperazine rings is 1. The SMILES string of the molecule is CC(=O)c1ccc(N2CCN(C(=O)NCC(c3ccccc3)c3c[nH]c4ccccc34)CC2)c(F)c1. The minimum atomic E-state index is -0.412. The van der Waals surface area contributed by atoms with Crippen LogP contribution in [-0.2, 0) is 0 Å². The van der Waals surface area contributed by atoms with E-state index in [0.717, 1.165) is 22.0 Å². The van der Waals surface area contributed by atoms with E-state index in [1.165, 1.54) is 13.0 Å². The lowest BCUT2D eigenvalue weighted by molar-refractivity contribution is 0.101. The summed E-state index contributed by atoms with van der Waals surface area (Å²) in [5.74, 6) is -0.574. The van der Waals surface area contributed by atoms with E-state index < -0.39 is 5.82 Å². The fraction of sp³-hybridized carbons (Fsp3) is 0.241. The molecule has 0 aliphatic carbocycles. The van der Waals surface area contributed by atoms with Gasteiger partial charge in [0, 0.05) is 61.3 Å². The quantitative estimate of drug-likeness (QED) is 0.371. The molecule has 3 aromatic carbocycles. The number of nitrogens with zero attached hydrogens (tertiary/aromatic N) is 2. The number of Topliss-reactive ketones (excluding diaryl/α,β-unsaturated/α-hetero) is 1. The van der Waals surface area contributed by atoms with Crippen molar-refractivity contribution in [2.24, 2.45) is 0 Å². The fourth-order valence-corrected chi connectivity index (χ4v) is 4.91. The largest absolute Gasteiger partial charge is 0.366 e. The summed E-state index contributed by atoms with van der Waals surface area (Å²) >= 11 is 0. The Hall–Kier alpha value is -4.13. The van der Waals surface area contributed by atoms with E-state index in [0.29, 0.717) is 44.0 Å². The van der Waals surface area contributed by atoms with E-state index in [9.17, 15) is 14.0 Å². The molecule has 1 saturated heterocycles. The summed E-state index contributed by atoms with van der Waals surface area (Å²) in [4.78, 5) is 31.6. The first-order chi connectivity index (χ1) is 17.5. The third-order valence-corrected chi connectivity index (χ3v) is 6.92. The molecule has 1 aromatic heterocycles. The number of para-hydroxylation sites is 1. The third-order valence-electron chi connectivity index (χ3n) is 6.92. The molecule has 1 aliphatic heterocycles. The molecule has 1 aliphatic rings. The second-order valence-electron chi connectivity index (χ2n) is 9.14. The number of amides is 2. The molecule has 6 nitrogen and oxygen atoms in total. The van der Waals surface area contributed by atoms with Crippen molar-refractivity contribution in [1.29, 1.82) is 0 Å². The van der Waals surface area contributed by atoms with Crippen molar-refractivity contribution in [2.45, 2.75) is 12.8 Å². The highest BCUT2D eigenvalue weighted by Crippen LogP contribution is 2.30. The van der Waals surface area contributed by atoms with E-state index in [2.05, 4.69) is 34.6 Å². The monoisotopic (exact) mass is 484 g/mol. The summed E-state index contributed by atoms with van der Waals surface area (Å²) in [6.07, 6.45) is 2.03. The second-order valence-corrected chi connectivity index (χ2v) is 9.14. The first kappa shape index (κ1) is 23.6. The van der Waals surface area contributed by atoms with Crippen molar-refractivity contribution in [3.63, 3.8) is 0 Å². The molecule has 1 unspecified atom stereocenters. The van der Waals surface area contributed by atoms with Gasteiger partial charge in [-0.3, -0.25) is 4.79 Å². The molecule has 5 rings (SSSR count). The van der Waals surface area contributed by atoms with Crippen LogP contribution in [-0.4, -0.2) is 54.4 Å². The molecule has 2 amide bonds. The number of anilines is 1. The van der Waals surface area contributed by atoms with Gasteiger partial charge in [-0.2, -0.15) is 0 Å². The van der Waals surface area contributed by atoms with Crippen molar-refractivity contribution in [2.75, 3.05) is 37.6 Å². The van der Waals surface area contributed by atoms with Crippen LogP contribution in [0.25, 0.3) is 10.9 Å². The van der Waals surface area contributed by atoms with Gasteiger partial charge in [0.05, 0.1) is 5.69 Å². The number of aromatic amines is 1.